The molecule has 1 saturated carbocycles. The summed E-state index contributed by atoms with van der Waals surface area (Å²) in [5, 5.41) is 9.76. The van der Waals surface area contributed by atoms with E-state index in [1.54, 1.807) is 4.88 Å². The van der Waals surface area contributed by atoms with Gasteiger partial charge in [0, 0.05) is 17.0 Å². The summed E-state index contributed by atoms with van der Waals surface area (Å²) in [7, 11) is 0. The molecule has 0 aromatic carbocycles. The quantitative estimate of drug-likeness (QED) is 0.877. The van der Waals surface area contributed by atoms with Crippen molar-refractivity contribution in [2.45, 2.75) is 57.0 Å². The van der Waals surface area contributed by atoms with Gasteiger partial charge in [0.1, 0.15) is 0 Å². The molecular weight excluding hydrogens is 252 g/mol. The molecule has 1 aliphatic carbocycles. The van der Waals surface area contributed by atoms with Crippen molar-refractivity contribution in [1.29, 1.82) is 0 Å². The maximum Gasteiger partial charge on any atom is 0.0445 e. The SMILES string of the molecule is c1csc(C(NC2CCCNCC2)C2CCCC2)c1. The molecule has 0 bridgehead atoms. The van der Waals surface area contributed by atoms with Crippen molar-refractivity contribution >= 4 is 11.3 Å². The van der Waals surface area contributed by atoms with Gasteiger partial charge in [0.05, 0.1) is 0 Å². The molecule has 0 radical (unpaired) electrons. The Hall–Kier alpha value is -0.380. The lowest BCUT2D eigenvalue weighted by Gasteiger charge is -2.28. The summed E-state index contributed by atoms with van der Waals surface area (Å²) >= 11 is 1.93. The Labute approximate surface area is 121 Å². The molecule has 1 aromatic heterocycles. The Morgan fingerprint density at radius 3 is 2.79 bits per heavy atom. The molecule has 2 nitrogen and oxygen atoms in total. The second-order valence-electron chi connectivity index (χ2n) is 6.08. The lowest BCUT2D eigenvalue weighted by molar-refractivity contribution is 0.318. The Kier molecular flexibility index (Phi) is 4.91. The highest BCUT2D eigenvalue weighted by molar-refractivity contribution is 7.10. The van der Waals surface area contributed by atoms with Gasteiger partial charge in [-0.25, -0.2) is 0 Å². The molecule has 2 unspecified atom stereocenters. The predicted molar refractivity (Wildman–Crippen MR) is 82.7 cm³/mol. The van der Waals surface area contributed by atoms with Crippen LogP contribution in [-0.2, 0) is 0 Å². The fourth-order valence-corrected chi connectivity index (χ4v) is 4.53. The van der Waals surface area contributed by atoms with Crippen molar-refractivity contribution in [2.24, 2.45) is 5.92 Å². The first-order valence-electron chi connectivity index (χ1n) is 7.93. The molecule has 0 amide bonds. The molecule has 3 rings (SSSR count). The fraction of sp³-hybridized carbons (Fsp3) is 0.750. The normalized spacial score (nSPS) is 27.3. The monoisotopic (exact) mass is 278 g/mol. The third-order valence-electron chi connectivity index (χ3n) is 4.71. The minimum absolute atomic E-state index is 0.616. The van der Waals surface area contributed by atoms with Crippen molar-refractivity contribution in [2.75, 3.05) is 13.1 Å². The van der Waals surface area contributed by atoms with Crippen LogP contribution in [-0.4, -0.2) is 19.1 Å². The minimum atomic E-state index is 0.616. The maximum atomic E-state index is 4.01. The number of nitrogens with one attached hydrogen (secondary N) is 2. The van der Waals surface area contributed by atoms with Gasteiger partial charge in [-0.3, -0.25) is 0 Å². The van der Waals surface area contributed by atoms with Crippen LogP contribution in [0.1, 0.15) is 55.9 Å². The predicted octanol–water partition coefficient (Wildman–Crippen LogP) is 3.71. The van der Waals surface area contributed by atoms with E-state index in [9.17, 15) is 0 Å². The highest BCUT2D eigenvalue weighted by Gasteiger charge is 2.28. The molecule has 2 atom stereocenters. The summed E-state index contributed by atoms with van der Waals surface area (Å²) in [6, 6.07) is 5.86. The summed E-state index contributed by atoms with van der Waals surface area (Å²) in [6.45, 7) is 2.38. The molecule has 2 heterocycles. The first-order chi connectivity index (χ1) is 9.43. The highest BCUT2D eigenvalue weighted by atomic mass is 32.1. The van der Waals surface area contributed by atoms with Crippen LogP contribution in [0.4, 0.5) is 0 Å². The van der Waals surface area contributed by atoms with Crippen LogP contribution < -0.4 is 10.6 Å². The van der Waals surface area contributed by atoms with Gasteiger partial charge in [0.2, 0.25) is 0 Å². The molecule has 2 N–H and O–H groups in total. The molecule has 19 heavy (non-hydrogen) atoms. The van der Waals surface area contributed by atoms with Gasteiger partial charge in [-0.1, -0.05) is 18.9 Å². The Morgan fingerprint density at radius 2 is 2.00 bits per heavy atom. The number of rotatable bonds is 4. The summed E-state index contributed by atoms with van der Waals surface area (Å²) in [4.78, 5) is 1.56. The highest BCUT2D eigenvalue weighted by Crippen LogP contribution is 2.38. The second-order valence-corrected chi connectivity index (χ2v) is 7.06. The van der Waals surface area contributed by atoms with Gasteiger partial charge in [-0.2, -0.15) is 0 Å². The third-order valence-corrected chi connectivity index (χ3v) is 5.67. The lowest BCUT2D eigenvalue weighted by atomic mass is 9.95. The van der Waals surface area contributed by atoms with Crippen LogP contribution in [0, 0.1) is 5.92 Å². The van der Waals surface area contributed by atoms with Crippen molar-refractivity contribution in [3.63, 3.8) is 0 Å². The largest absolute Gasteiger partial charge is 0.317 e. The van der Waals surface area contributed by atoms with Crippen LogP contribution in [0.15, 0.2) is 17.5 Å². The molecule has 0 spiro atoms. The van der Waals surface area contributed by atoms with E-state index in [1.807, 2.05) is 11.3 Å². The number of hydrogen-bond acceptors (Lipinski definition) is 3. The molecular formula is C16H26N2S. The van der Waals surface area contributed by atoms with Crippen molar-refractivity contribution in [1.82, 2.24) is 10.6 Å². The smallest absolute Gasteiger partial charge is 0.0445 e. The molecule has 1 aliphatic heterocycles. The van der Waals surface area contributed by atoms with E-state index in [0.29, 0.717) is 12.1 Å². The van der Waals surface area contributed by atoms with Gasteiger partial charge >= 0.3 is 0 Å². The van der Waals surface area contributed by atoms with E-state index in [0.717, 1.165) is 5.92 Å². The van der Waals surface area contributed by atoms with Gasteiger partial charge in [-0.15, -0.1) is 11.3 Å². The molecule has 1 aromatic rings. The van der Waals surface area contributed by atoms with Crippen molar-refractivity contribution in [3.8, 4) is 0 Å². The summed E-state index contributed by atoms with van der Waals surface area (Å²) in [5.41, 5.74) is 0. The van der Waals surface area contributed by atoms with E-state index in [4.69, 9.17) is 0 Å². The molecule has 106 valence electrons. The van der Waals surface area contributed by atoms with Gasteiger partial charge < -0.3 is 10.6 Å². The van der Waals surface area contributed by atoms with Gasteiger partial charge in [-0.05, 0) is 62.6 Å². The van der Waals surface area contributed by atoms with E-state index >= 15 is 0 Å². The summed E-state index contributed by atoms with van der Waals surface area (Å²) < 4.78 is 0. The van der Waals surface area contributed by atoms with Crippen LogP contribution in [0.3, 0.4) is 0 Å². The number of hydrogen-bond donors (Lipinski definition) is 2. The van der Waals surface area contributed by atoms with E-state index < -0.39 is 0 Å². The molecule has 2 aliphatic rings. The Balaban J connectivity index is 1.67. The van der Waals surface area contributed by atoms with Crippen LogP contribution >= 0.6 is 11.3 Å². The zero-order valence-corrected chi connectivity index (χ0v) is 12.6. The average molecular weight is 278 g/mol. The molecule has 3 heteroatoms. The average Bonchev–Trinajstić information content (AvgIpc) is 3.07. The summed E-state index contributed by atoms with van der Waals surface area (Å²) in [6.07, 6.45) is 9.64. The van der Waals surface area contributed by atoms with Gasteiger partial charge in [0.25, 0.3) is 0 Å². The van der Waals surface area contributed by atoms with Crippen LogP contribution in [0.2, 0.25) is 0 Å². The van der Waals surface area contributed by atoms with Gasteiger partial charge in [0.15, 0.2) is 0 Å². The van der Waals surface area contributed by atoms with Crippen LogP contribution in [0.5, 0.6) is 0 Å². The molecule has 1 saturated heterocycles. The van der Waals surface area contributed by atoms with Crippen molar-refractivity contribution < 1.29 is 0 Å². The topological polar surface area (TPSA) is 24.1 Å². The van der Waals surface area contributed by atoms with Crippen molar-refractivity contribution in [3.05, 3.63) is 22.4 Å². The summed E-state index contributed by atoms with van der Waals surface area (Å²) in [5.74, 6) is 0.870. The Morgan fingerprint density at radius 1 is 1.11 bits per heavy atom. The minimum Gasteiger partial charge on any atom is -0.317 e. The zero-order chi connectivity index (χ0) is 12.9. The first kappa shape index (κ1) is 13.6. The first-order valence-corrected chi connectivity index (χ1v) is 8.81. The zero-order valence-electron chi connectivity index (χ0n) is 11.7. The standard InChI is InChI=1S/C16H26N2S/c1-2-6-13(5-1)16(15-8-4-12-19-15)18-14-7-3-10-17-11-9-14/h4,8,12-14,16-18H,1-3,5-7,9-11H2. The van der Waals surface area contributed by atoms with Crippen LogP contribution in [0.25, 0.3) is 0 Å². The van der Waals surface area contributed by atoms with E-state index in [-0.39, 0.29) is 0 Å². The Bertz CT molecular complexity index is 349. The fourth-order valence-electron chi connectivity index (χ4n) is 3.65. The maximum absolute atomic E-state index is 4.01. The van der Waals surface area contributed by atoms with E-state index in [2.05, 4.69) is 28.1 Å². The van der Waals surface area contributed by atoms with E-state index in [1.165, 1.54) is 58.0 Å². The molecule has 2 fully saturated rings. The third kappa shape index (κ3) is 3.59. The second kappa shape index (κ2) is 6.87. The number of thiophene rings is 1. The lowest BCUT2D eigenvalue weighted by Crippen LogP contribution is -2.36.